The summed E-state index contributed by atoms with van der Waals surface area (Å²) >= 11 is 3.46. The number of rotatable bonds is 5. The second kappa shape index (κ2) is 6.16. The maximum Gasteiger partial charge on any atom is 0.125 e. The first-order chi connectivity index (χ1) is 8.70. The van der Waals surface area contributed by atoms with Gasteiger partial charge in [-0.25, -0.2) is 4.98 Å². The molecule has 0 aliphatic heterocycles. The lowest BCUT2D eigenvalue weighted by Crippen LogP contribution is -2.25. The van der Waals surface area contributed by atoms with Crippen molar-refractivity contribution >= 4 is 15.9 Å². The van der Waals surface area contributed by atoms with Crippen LogP contribution in [0.15, 0.2) is 41.1 Å². The van der Waals surface area contributed by atoms with Crippen LogP contribution in [0.25, 0.3) is 0 Å². The van der Waals surface area contributed by atoms with E-state index in [0.29, 0.717) is 0 Å². The molecular formula is C14H18BrN3. The van der Waals surface area contributed by atoms with Gasteiger partial charge in [0.05, 0.1) is 6.04 Å². The Morgan fingerprint density at radius 3 is 2.61 bits per heavy atom. The number of likely N-dealkylation sites (N-methyl/N-ethyl adjacent to an activating group) is 1. The first kappa shape index (κ1) is 13.3. The molecule has 1 N–H and O–H groups in total. The molecule has 0 fully saturated rings. The Morgan fingerprint density at radius 2 is 2.06 bits per heavy atom. The summed E-state index contributed by atoms with van der Waals surface area (Å²) in [4.78, 5) is 4.44. The Balaban J connectivity index is 2.16. The topological polar surface area (TPSA) is 29.9 Å². The van der Waals surface area contributed by atoms with Gasteiger partial charge in [-0.05, 0) is 30.7 Å². The minimum Gasteiger partial charge on any atom is -0.337 e. The molecule has 1 unspecified atom stereocenters. The van der Waals surface area contributed by atoms with Gasteiger partial charge in [-0.3, -0.25) is 0 Å². The van der Waals surface area contributed by atoms with Gasteiger partial charge >= 0.3 is 0 Å². The molecule has 0 aliphatic carbocycles. The summed E-state index contributed by atoms with van der Waals surface area (Å²) in [6.45, 7) is 3.06. The quantitative estimate of drug-likeness (QED) is 0.920. The van der Waals surface area contributed by atoms with Crippen LogP contribution in [0.5, 0.6) is 0 Å². The number of hydrogen-bond acceptors (Lipinski definition) is 2. The van der Waals surface area contributed by atoms with Crippen molar-refractivity contribution in [2.45, 2.75) is 19.4 Å². The van der Waals surface area contributed by atoms with Gasteiger partial charge in [-0.15, -0.1) is 0 Å². The molecule has 2 aromatic rings. The first-order valence-electron chi connectivity index (χ1n) is 6.15. The smallest absolute Gasteiger partial charge is 0.125 e. The van der Waals surface area contributed by atoms with E-state index in [0.717, 1.165) is 23.3 Å². The van der Waals surface area contributed by atoms with Crippen molar-refractivity contribution in [3.63, 3.8) is 0 Å². The molecule has 0 bridgehead atoms. The lowest BCUT2D eigenvalue weighted by Gasteiger charge is -2.17. The molecule has 1 heterocycles. The lowest BCUT2D eigenvalue weighted by atomic mass is 10.1. The van der Waals surface area contributed by atoms with Crippen molar-refractivity contribution in [1.82, 2.24) is 14.9 Å². The number of aryl methyl sites for hydroxylation is 1. The third kappa shape index (κ3) is 3.21. The molecule has 0 amide bonds. The average Bonchev–Trinajstić information content (AvgIpc) is 2.78. The minimum absolute atomic E-state index is 0.260. The van der Waals surface area contributed by atoms with Crippen LogP contribution in [0.1, 0.15) is 24.4 Å². The van der Waals surface area contributed by atoms with Crippen LogP contribution in [0, 0.1) is 0 Å². The summed E-state index contributed by atoms with van der Waals surface area (Å²) in [6.07, 6.45) is 4.79. The largest absolute Gasteiger partial charge is 0.337 e. The molecule has 4 heteroatoms. The average molecular weight is 308 g/mol. The van der Waals surface area contributed by atoms with Crippen LogP contribution in [0.3, 0.4) is 0 Å². The molecule has 0 aliphatic rings. The summed E-state index contributed by atoms with van der Waals surface area (Å²) in [7, 11) is 2.04. The SMILES string of the molecule is CCNC(Cc1ccc(Br)cc1)c1nccn1C. The predicted octanol–water partition coefficient (Wildman–Crippen LogP) is 3.08. The second-order valence-electron chi connectivity index (χ2n) is 4.34. The van der Waals surface area contributed by atoms with Gasteiger partial charge in [0.2, 0.25) is 0 Å². The molecule has 2 rings (SSSR count). The normalized spacial score (nSPS) is 12.6. The maximum absolute atomic E-state index is 4.44. The first-order valence-corrected chi connectivity index (χ1v) is 6.95. The molecule has 1 atom stereocenters. The fraction of sp³-hybridized carbons (Fsp3) is 0.357. The van der Waals surface area contributed by atoms with E-state index < -0.39 is 0 Å². The molecule has 18 heavy (non-hydrogen) atoms. The van der Waals surface area contributed by atoms with E-state index in [1.807, 2.05) is 19.4 Å². The Bertz CT molecular complexity index is 490. The summed E-state index contributed by atoms with van der Waals surface area (Å²) in [6, 6.07) is 8.72. The van der Waals surface area contributed by atoms with Crippen LogP contribution in [-0.4, -0.2) is 16.1 Å². The van der Waals surface area contributed by atoms with Crippen molar-refractivity contribution < 1.29 is 0 Å². The number of imidazole rings is 1. The zero-order valence-corrected chi connectivity index (χ0v) is 12.3. The lowest BCUT2D eigenvalue weighted by molar-refractivity contribution is 0.506. The minimum atomic E-state index is 0.260. The van der Waals surface area contributed by atoms with Gasteiger partial charge in [0, 0.05) is 23.9 Å². The molecule has 1 aromatic carbocycles. The molecule has 0 saturated heterocycles. The van der Waals surface area contributed by atoms with E-state index in [-0.39, 0.29) is 6.04 Å². The van der Waals surface area contributed by atoms with Crippen molar-refractivity contribution in [1.29, 1.82) is 0 Å². The number of halogens is 1. The van der Waals surface area contributed by atoms with Crippen molar-refractivity contribution in [2.24, 2.45) is 7.05 Å². The standard InChI is InChI=1S/C14H18BrN3/c1-3-16-13(14-17-8-9-18(14)2)10-11-4-6-12(15)7-5-11/h4-9,13,16H,3,10H2,1-2H3. The number of nitrogens with zero attached hydrogens (tertiary/aromatic N) is 2. The molecule has 0 saturated carbocycles. The van der Waals surface area contributed by atoms with Crippen LogP contribution in [-0.2, 0) is 13.5 Å². The Kier molecular flexibility index (Phi) is 4.55. The fourth-order valence-electron chi connectivity index (χ4n) is 2.07. The zero-order chi connectivity index (χ0) is 13.0. The molecule has 0 spiro atoms. The number of hydrogen-bond donors (Lipinski definition) is 1. The van der Waals surface area contributed by atoms with E-state index in [4.69, 9.17) is 0 Å². The third-order valence-electron chi connectivity index (χ3n) is 2.97. The van der Waals surface area contributed by atoms with Crippen molar-refractivity contribution in [2.75, 3.05) is 6.54 Å². The van der Waals surface area contributed by atoms with Gasteiger partial charge in [-0.2, -0.15) is 0 Å². The van der Waals surface area contributed by atoms with Crippen LogP contribution < -0.4 is 5.32 Å². The summed E-state index contributed by atoms with van der Waals surface area (Å²) in [5, 5.41) is 3.49. The van der Waals surface area contributed by atoms with Crippen LogP contribution >= 0.6 is 15.9 Å². The van der Waals surface area contributed by atoms with E-state index in [1.165, 1.54) is 5.56 Å². The van der Waals surface area contributed by atoms with Gasteiger partial charge in [0.15, 0.2) is 0 Å². The summed E-state index contributed by atoms with van der Waals surface area (Å²) in [5.74, 6) is 1.08. The second-order valence-corrected chi connectivity index (χ2v) is 5.25. The number of aromatic nitrogens is 2. The van der Waals surface area contributed by atoms with Gasteiger partial charge in [-0.1, -0.05) is 35.0 Å². The fourth-order valence-corrected chi connectivity index (χ4v) is 2.33. The Morgan fingerprint density at radius 1 is 1.33 bits per heavy atom. The van der Waals surface area contributed by atoms with E-state index in [1.54, 1.807) is 0 Å². The highest BCUT2D eigenvalue weighted by molar-refractivity contribution is 9.10. The van der Waals surface area contributed by atoms with Crippen molar-refractivity contribution in [3.8, 4) is 0 Å². The monoisotopic (exact) mass is 307 g/mol. The Hall–Kier alpha value is -1.13. The van der Waals surface area contributed by atoms with Crippen molar-refractivity contribution in [3.05, 3.63) is 52.5 Å². The highest BCUT2D eigenvalue weighted by atomic mass is 79.9. The van der Waals surface area contributed by atoms with Gasteiger partial charge in [0.1, 0.15) is 5.82 Å². The molecule has 96 valence electrons. The maximum atomic E-state index is 4.44. The third-order valence-corrected chi connectivity index (χ3v) is 3.50. The van der Waals surface area contributed by atoms with Crippen LogP contribution in [0.4, 0.5) is 0 Å². The molecule has 0 radical (unpaired) electrons. The van der Waals surface area contributed by atoms with E-state index in [2.05, 4.69) is 62.0 Å². The number of nitrogens with one attached hydrogen (secondary N) is 1. The van der Waals surface area contributed by atoms with E-state index in [9.17, 15) is 0 Å². The summed E-state index contributed by atoms with van der Waals surface area (Å²) in [5.41, 5.74) is 1.31. The highest BCUT2D eigenvalue weighted by Crippen LogP contribution is 2.18. The van der Waals surface area contributed by atoms with Crippen LogP contribution in [0.2, 0.25) is 0 Å². The molecule has 3 nitrogen and oxygen atoms in total. The summed E-state index contributed by atoms with van der Waals surface area (Å²) < 4.78 is 3.19. The van der Waals surface area contributed by atoms with Gasteiger partial charge in [0.25, 0.3) is 0 Å². The molecule has 1 aromatic heterocycles. The molecular weight excluding hydrogens is 290 g/mol. The predicted molar refractivity (Wildman–Crippen MR) is 77.5 cm³/mol. The highest BCUT2D eigenvalue weighted by Gasteiger charge is 2.15. The zero-order valence-electron chi connectivity index (χ0n) is 10.7. The van der Waals surface area contributed by atoms with Gasteiger partial charge < -0.3 is 9.88 Å². The van der Waals surface area contributed by atoms with E-state index >= 15 is 0 Å². The number of benzene rings is 1. The Labute approximate surface area is 116 Å².